The van der Waals surface area contributed by atoms with E-state index >= 15 is 0 Å². The highest BCUT2D eigenvalue weighted by Crippen LogP contribution is 2.37. The fourth-order valence-corrected chi connectivity index (χ4v) is 1.89. The van der Waals surface area contributed by atoms with E-state index in [1.165, 1.54) is 6.07 Å². The van der Waals surface area contributed by atoms with Crippen LogP contribution >= 0.6 is 15.9 Å². The molecule has 19 heavy (non-hydrogen) atoms. The molecule has 2 aromatic rings. The molecule has 0 saturated carbocycles. The van der Waals surface area contributed by atoms with Crippen molar-refractivity contribution in [1.82, 2.24) is 9.97 Å². The second kappa shape index (κ2) is 4.69. The van der Waals surface area contributed by atoms with Crippen molar-refractivity contribution in [3.8, 4) is 17.3 Å². The molecular formula is C11H6BrF3N2O2. The van der Waals surface area contributed by atoms with E-state index in [1.54, 1.807) is 0 Å². The zero-order valence-corrected chi connectivity index (χ0v) is 10.7. The Morgan fingerprint density at radius 1 is 1.26 bits per heavy atom. The van der Waals surface area contributed by atoms with Crippen molar-refractivity contribution < 1.29 is 18.3 Å². The van der Waals surface area contributed by atoms with Crippen LogP contribution in [0.4, 0.5) is 13.2 Å². The van der Waals surface area contributed by atoms with E-state index in [1.807, 2.05) is 0 Å². The minimum atomic E-state index is -4.61. The van der Waals surface area contributed by atoms with Crippen molar-refractivity contribution in [1.29, 1.82) is 0 Å². The van der Waals surface area contributed by atoms with E-state index in [2.05, 4.69) is 25.9 Å². The molecule has 1 aromatic carbocycles. The molecule has 0 aliphatic carbocycles. The monoisotopic (exact) mass is 334 g/mol. The number of nitrogens with one attached hydrogen (secondary N) is 1. The average molecular weight is 335 g/mol. The number of aromatic amines is 1. The molecule has 0 fully saturated rings. The van der Waals surface area contributed by atoms with Gasteiger partial charge in [0.15, 0.2) is 0 Å². The lowest BCUT2D eigenvalue weighted by atomic mass is 10.1. The van der Waals surface area contributed by atoms with Crippen LogP contribution in [0.15, 0.2) is 33.5 Å². The zero-order valence-electron chi connectivity index (χ0n) is 9.12. The van der Waals surface area contributed by atoms with Crippen LogP contribution in [0, 0.1) is 0 Å². The van der Waals surface area contributed by atoms with Gasteiger partial charge in [-0.05, 0) is 18.2 Å². The molecule has 0 aliphatic rings. The number of halogens is 4. The Bertz CT molecular complexity index is 682. The lowest BCUT2D eigenvalue weighted by Gasteiger charge is -2.12. The van der Waals surface area contributed by atoms with Gasteiger partial charge in [-0.2, -0.15) is 18.2 Å². The molecule has 2 rings (SSSR count). The van der Waals surface area contributed by atoms with E-state index in [9.17, 15) is 23.1 Å². The van der Waals surface area contributed by atoms with Crippen molar-refractivity contribution in [2.45, 2.75) is 6.18 Å². The number of hydrogen-bond acceptors (Lipinski definition) is 3. The summed E-state index contributed by atoms with van der Waals surface area (Å²) in [5, 5.41) is 9.18. The molecule has 0 bridgehead atoms. The Kier molecular flexibility index (Phi) is 3.36. The maximum atomic E-state index is 12.9. The standard InChI is InChI=1S/C11H6BrF3N2O2/c12-5-1-2-6(7(3-5)11(13,14)15)10-16-8(18)4-9(19)17-10/h1-4H,(H2,16,17,18,19). The predicted octanol–water partition coefficient (Wildman–Crippen LogP) is 2.92. The Morgan fingerprint density at radius 3 is 2.53 bits per heavy atom. The Morgan fingerprint density at radius 2 is 1.95 bits per heavy atom. The molecule has 8 heteroatoms. The van der Waals surface area contributed by atoms with Crippen molar-refractivity contribution in [3.63, 3.8) is 0 Å². The van der Waals surface area contributed by atoms with Gasteiger partial charge < -0.3 is 10.1 Å². The highest BCUT2D eigenvalue weighted by atomic mass is 79.9. The minimum Gasteiger partial charge on any atom is -0.493 e. The molecule has 0 spiro atoms. The van der Waals surface area contributed by atoms with Crippen LogP contribution in [-0.2, 0) is 6.18 Å². The molecule has 2 N–H and O–H groups in total. The normalized spacial score (nSPS) is 11.6. The predicted molar refractivity (Wildman–Crippen MR) is 64.7 cm³/mol. The molecule has 0 unspecified atom stereocenters. The SMILES string of the molecule is O=c1cc(O)nc(-c2ccc(Br)cc2C(F)(F)F)[nH]1. The van der Waals surface area contributed by atoms with Crippen LogP contribution in [-0.4, -0.2) is 15.1 Å². The Balaban J connectivity index is 2.72. The third-order valence-electron chi connectivity index (χ3n) is 2.27. The second-order valence-corrected chi connectivity index (χ2v) is 4.56. The van der Waals surface area contributed by atoms with Gasteiger partial charge in [0.05, 0.1) is 11.6 Å². The van der Waals surface area contributed by atoms with E-state index in [0.717, 1.165) is 18.2 Å². The minimum absolute atomic E-state index is 0.242. The summed E-state index contributed by atoms with van der Waals surface area (Å²) in [6.45, 7) is 0. The lowest BCUT2D eigenvalue weighted by Crippen LogP contribution is -2.11. The average Bonchev–Trinajstić information content (AvgIpc) is 2.26. The lowest BCUT2D eigenvalue weighted by molar-refractivity contribution is -0.137. The van der Waals surface area contributed by atoms with Gasteiger partial charge in [-0.3, -0.25) is 4.79 Å². The first-order valence-electron chi connectivity index (χ1n) is 4.95. The summed E-state index contributed by atoms with van der Waals surface area (Å²) in [5.41, 5.74) is -2.02. The van der Waals surface area contributed by atoms with Gasteiger partial charge in [0.1, 0.15) is 5.82 Å². The molecule has 1 aromatic heterocycles. The quantitative estimate of drug-likeness (QED) is 0.842. The van der Waals surface area contributed by atoms with Crippen molar-refractivity contribution in [2.24, 2.45) is 0 Å². The van der Waals surface area contributed by atoms with E-state index < -0.39 is 23.2 Å². The third-order valence-corrected chi connectivity index (χ3v) is 2.76. The number of hydrogen-bond donors (Lipinski definition) is 2. The topological polar surface area (TPSA) is 66.0 Å². The van der Waals surface area contributed by atoms with Crippen LogP contribution in [0.2, 0.25) is 0 Å². The third kappa shape index (κ3) is 2.95. The van der Waals surface area contributed by atoms with Gasteiger partial charge in [0.2, 0.25) is 5.88 Å². The summed E-state index contributed by atoms with van der Waals surface area (Å²) < 4.78 is 39.0. The molecule has 0 amide bonds. The van der Waals surface area contributed by atoms with Crippen molar-refractivity contribution in [3.05, 3.63) is 44.7 Å². The van der Waals surface area contributed by atoms with Gasteiger partial charge in [0.25, 0.3) is 5.56 Å². The first-order valence-corrected chi connectivity index (χ1v) is 5.74. The molecular weight excluding hydrogens is 329 g/mol. The van der Waals surface area contributed by atoms with Gasteiger partial charge in [-0.15, -0.1) is 0 Å². The highest BCUT2D eigenvalue weighted by molar-refractivity contribution is 9.10. The van der Waals surface area contributed by atoms with E-state index in [-0.39, 0.29) is 15.9 Å². The summed E-state index contributed by atoms with van der Waals surface area (Å²) in [7, 11) is 0. The first-order chi connectivity index (χ1) is 8.77. The summed E-state index contributed by atoms with van der Waals surface area (Å²) in [6.07, 6.45) is -4.61. The number of aromatic nitrogens is 2. The fraction of sp³-hybridized carbons (Fsp3) is 0.0909. The van der Waals surface area contributed by atoms with Crippen LogP contribution in [0.3, 0.4) is 0 Å². The molecule has 0 aliphatic heterocycles. The number of alkyl halides is 3. The molecule has 4 nitrogen and oxygen atoms in total. The summed E-state index contributed by atoms with van der Waals surface area (Å²) in [5.74, 6) is -0.986. The molecule has 0 atom stereocenters. The molecule has 0 saturated heterocycles. The largest absolute Gasteiger partial charge is 0.493 e. The number of aromatic hydroxyl groups is 1. The van der Waals surface area contributed by atoms with Crippen molar-refractivity contribution >= 4 is 15.9 Å². The Hall–Kier alpha value is -1.83. The number of H-pyrrole nitrogens is 1. The summed E-state index contributed by atoms with van der Waals surface area (Å²) in [4.78, 5) is 16.8. The molecule has 100 valence electrons. The zero-order chi connectivity index (χ0) is 14.2. The second-order valence-electron chi connectivity index (χ2n) is 3.64. The van der Waals surface area contributed by atoms with Gasteiger partial charge in [0, 0.05) is 10.0 Å². The van der Waals surface area contributed by atoms with Gasteiger partial charge >= 0.3 is 6.18 Å². The molecule has 1 heterocycles. The van der Waals surface area contributed by atoms with Crippen LogP contribution in [0.1, 0.15) is 5.56 Å². The highest BCUT2D eigenvalue weighted by Gasteiger charge is 2.34. The number of nitrogens with zero attached hydrogens (tertiary/aromatic N) is 1. The van der Waals surface area contributed by atoms with Crippen LogP contribution in [0.5, 0.6) is 5.88 Å². The van der Waals surface area contributed by atoms with Crippen molar-refractivity contribution in [2.75, 3.05) is 0 Å². The number of benzene rings is 1. The maximum absolute atomic E-state index is 12.9. The number of rotatable bonds is 1. The first kappa shape index (κ1) is 13.6. The Labute approximate surface area is 113 Å². The van der Waals surface area contributed by atoms with Gasteiger partial charge in [-0.25, -0.2) is 0 Å². The van der Waals surface area contributed by atoms with E-state index in [0.29, 0.717) is 0 Å². The van der Waals surface area contributed by atoms with Crippen LogP contribution < -0.4 is 5.56 Å². The van der Waals surface area contributed by atoms with Gasteiger partial charge in [-0.1, -0.05) is 15.9 Å². The smallest absolute Gasteiger partial charge is 0.417 e. The maximum Gasteiger partial charge on any atom is 0.417 e. The van der Waals surface area contributed by atoms with Crippen LogP contribution in [0.25, 0.3) is 11.4 Å². The fourth-order valence-electron chi connectivity index (χ4n) is 1.53. The summed E-state index contributed by atoms with van der Waals surface area (Å²) in [6, 6.07) is 4.19. The summed E-state index contributed by atoms with van der Waals surface area (Å²) >= 11 is 2.95. The molecule has 0 radical (unpaired) electrons. The van der Waals surface area contributed by atoms with E-state index in [4.69, 9.17) is 0 Å².